The number of amides is 1. The molecule has 2 aromatic rings. The van der Waals surface area contributed by atoms with E-state index in [1.807, 2.05) is 18.2 Å². The molecule has 0 bridgehead atoms. The Labute approximate surface area is 171 Å². The molecule has 0 aromatic heterocycles. The maximum Gasteiger partial charge on any atom is 0.255 e. The van der Waals surface area contributed by atoms with E-state index in [0.717, 1.165) is 43.9 Å². The number of hydrogen-bond acceptors (Lipinski definition) is 5. The number of piperidine rings is 1. The summed E-state index contributed by atoms with van der Waals surface area (Å²) in [5, 5.41) is 3.22. The van der Waals surface area contributed by atoms with Gasteiger partial charge in [-0.2, -0.15) is 0 Å². The summed E-state index contributed by atoms with van der Waals surface area (Å²) in [6.45, 7) is 2.00. The van der Waals surface area contributed by atoms with Crippen molar-refractivity contribution in [3.8, 4) is 17.2 Å². The van der Waals surface area contributed by atoms with E-state index in [0.29, 0.717) is 11.3 Å². The molecular formula is C23H28N2O4. The predicted octanol–water partition coefficient (Wildman–Crippen LogP) is 3.20. The third-order valence-electron chi connectivity index (χ3n) is 6.07. The molecular weight excluding hydrogens is 368 g/mol. The van der Waals surface area contributed by atoms with Crippen LogP contribution in [0.25, 0.3) is 0 Å². The van der Waals surface area contributed by atoms with Crippen molar-refractivity contribution in [2.75, 3.05) is 34.4 Å². The van der Waals surface area contributed by atoms with Gasteiger partial charge in [-0.1, -0.05) is 12.1 Å². The molecule has 4 rings (SSSR count). The lowest BCUT2D eigenvalue weighted by Gasteiger charge is -2.43. The van der Waals surface area contributed by atoms with Crippen LogP contribution in [-0.4, -0.2) is 51.3 Å². The Bertz CT molecular complexity index is 898. The third-order valence-corrected chi connectivity index (χ3v) is 6.07. The van der Waals surface area contributed by atoms with Crippen LogP contribution in [0.4, 0.5) is 0 Å². The van der Waals surface area contributed by atoms with E-state index >= 15 is 0 Å². The lowest BCUT2D eigenvalue weighted by molar-refractivity contribution is 0.0841. The number of carbonyl (C=O) groups excluding carboxylic acids is 1. The summed E-state index contributed by atoms with van der Waals surface area (Å²) in [5.74, 6) is 2.05. The zero-order valence-electron chi connectivity index (χ0n) is 17.2. The minimum atomic E-state index is -0.0794. The average molecular weight is 396 g/mol. The van der Waals surface area contributed by atoms with Gasteiger partial charge in [0.2, 0.25) is 0 Å². The number of methoxy groups -OCH3 is 3. The van der Waals surface area contributed by atoms with Gasteiger partial charge in [-0.3, -0.25) is 9.69 Å². The monoisotopic (exact) mass is 396 g/mol. The number of nitrogens with zero attached hydrogens (tertiary/aromatic N) is 1. The topological polar surface area (TPSA) is 60.0 Å². The Hall–Kier alpha value is -2.73. The van der Waals surface area contributed by atoms with E-state index in [1.165, 1.54) is 11.1 Å². The van der Waals surface area contributed by atoms with E-state index < -0.39 is 0 Å². The molecule has 2 heterocycles. The predicted molar refractivity (Wildman–Crippen MR) is 111 cm³/mol. The summed E-state index contributed by atoms with van der Waals surface area (Å²) in [6.07, 6.45) is 2.83. The van der Waals surface area contributed by atoms with Crippen LogP contribution in [0.3, 0.4) is 0 Å². The number of carbonyl (C=O) groups is 1. The number of ether oxygens (including phenoxy) is 3. The Morgan fingerprint density at radius 1 is 1.00 bits per heavy atom. The molecule has 2 aromatic carbocycles. The van der Waals surface area contributed by atoms with E-state index in [2.05, 4.69) is 22.3 Å². The molecule has 6 heteroatoms. The molecule has 0 radical (unpaired) electrons. The van der Waals surface area contributed by atoms with Gasteiger partial charge in [-0.05, 0) is 54.7 Å². The van der Waals surface area contributed by atoms with E-state index in [-0.39, 0.29) is 18.0 Å². The highest BCUT2D eigenvalue weighted by molar-refractivity contribution is 5.97. The molecule has 0 spiro atoms. The van der Waals surface area contributed by atoms with Gasteiger partial charge in [-0.25, -0.2) is 0 Å². The Morgan fingerprint density at radius 2 is 1.72 bits per heavy atom. The molecule has 2 unspecified atom stereocenters. The van der Waals surface area contributed by atoms with Gasteiger partial charge in [0.05, 0.1) is 26.9 Å². The first-order valence-corrected chi connectivity index (χ1v) is 10.1. The Kier molecular flexibility index (Phi) is 5.62. The normalized spacial score (nSPS) is 20.9. The fraction of sp³-hybridized carbons (Fsp3) is 0.435. The van der Waals surface area contributed by atoms with Crippen LogP contribution in [0.5, 0.6) is 17.2 Å². The fourth-order valence-electron chi connectivity index (χ4n) is 4.56. The third kappa shape index (κ3) is 3.77. The fourth-order valence-corrected chi connectivity index (χ4v) is 4.56. The molecule has 1 saturated heterocycles. The molecule has 2 aliphatic rings. The number of para-hydroxylation sites is 1. The van der Waals surface area contributed by atoms with Gasteiger partial charge < -0.3 is 19.5 Å². The molecule has 2 atom stereocenters. The van der Waals surface area contributed by atoms with Crippen LogP contribution < -0.4 is 19.5 Å². The number of hydrogen-bond donors (Lipinski definition) is 1. The lowest BCUT2D eigenvalue weighted by Crippen LogP contribution is -2.48. The van der Waals surface area contributed by atoms with Crippen LogP contribution >= 0.6 is 0 Å². The molecule has 1 amide bonds. The highest BCUT2D eigenvalue weighted by Gasteiger charge is 2.35. The van der Waals surface area contributed by atoms with E-state index in [9.17, 15) is 4.79 Å². The first-order chi connectivity index (χ1) is 14.1. The van der Waals surface area contributed by atoms with Crippen molar-refractivity contribution in [1.82, 2.24) is 10.2 Å². The summed E-state index contributed by atoms with van der Waals surface area (Å²) < 4.78 is 16.3. The first kappa shape index (κ1) is 19.6. The van der Waals surface area contributed by atoms with Crippen molar-refractivity contribution in [3.05, 3.63) is 53.1 Å². The van der Waals surface area contributed by atoms with Crippen molar-refractivity contribution >= 4 is 5.91 Å². The quantitative estimate of drug-likeness (QED) is 0.841. The van der Waals surface area contributed by atoms with Crippen LogP contribution in [0.2, 0.25) is 0 Å². The van der Waals surface area contributed by atoms with E-state index in [4.69, 9.17) is 14.2 Å². The second-order valence-electron chi connectivity index (χ2n) is 7.60. The van der Waals surface area contributed by atoms with Gasteiger partial charge in [0.15, 0.2) is 11.5 Å². The van der Waals surface area contributed by atoms with E-state index in [1.54, 1.807) is 27.4 Å². The molecule has 154 valence electrons. The summed E-state index contributed by atoms with van der Waals surface area (Å²) >= 11 is 0. The molecule has 0 aliphatic carbocycles. The van der Waals surface area contributed by atoms with Crippen LogP contribution in [0.15, 0.2) is 36.4 Å². The Morgan fingerprint density at radius 3 is 2.48 bits per heavy atom. The van der Waals surface area contributed by atoms with Crippen molar-refractivity contribution in [3.63, 3.8) is 0 Å². The molecule has 0 saturated carbocycles. The maximum atomic E-state index is 12.8. The van der Waals surface area contributed by atoms with Crippen molar-refractivity contribution in [2.45, 2.75) is 31.3 Å². The van der Waals surface area contributed by atoms with Crippen LogP contribution in [0.1, 0.15) is 40.4 Å². The minimum absolute atomic E-state index is 0.0794. The number of fused-ring (bicyclic) bond motifs is 3. The standard InChI is InChI=1S/C23H28N2O4/c1-27-20-7-5-4-6-17(20)23(26)24-16-9-11-25-10-8-15-12-21(28-2)22(29-3)14-18(15)19(25)13-16/h4-7,12,14,16,19H,8-11,13H2,1-3H3,(H,24,26). The zero-order chi connectivity index (χ0) is 20.4. The molecule has 2 aliphatic heterocycles. The summed E-state index contributed by atoms with van der Waals surface area (Å²) in [5.41, 5.74) is 3.17. The average Bonchev–Trinajstić information content (AvgIpc) is 2.77. The summed E-state index contributed by atoms with van der Waals surface area (Å²) in [7, 11) is 4.93. The molecule has 29 heavy (non-hydrogen) atoms. The summed E-state index contributed by atoms with van der Waals surface area (Å²) in [6, 6.07) is 11.9. The van der Waals surface area contributed by atoms with Crippen LogP contribution in [-0.2, 0) is 6.42 Å². The molecule has 1 N–H and O–H groups in total. The number of rotatable bonds is 5. The van der Waals surface area contributed by atoms with Crippen LogP contribution in [0, 0.1) is 0 Å². The number of nitrogens with one attached hydrogen (secondary N) is 1. The SMILES string of the molecule is COc1cc2c(cc1OC)C1CC(NC(=O)c3ccccc3OC)CCN1CC2. The largest absolute Gasteiger partial charge is 0.496 e. The first-order valence-electron chi connectivity index (χ1n) is 10.1. The second kappa shape index (κ2) is 8.33. The highest BCUT2D eigenvalue weighted by atomic mass is 16.5. The smallest absolute Gasteiger partial charge is 0.255 e. The van der Waals surface area contributed by atoms with Gasteiger partial charge in [0.1, 0.15) is 5.75 Å². The van der Waals surface area contributed by atoms with Crippen molar-refractivity contribution in [1.29, 1.82) is 0 Å². The molecule has 1 fully saturated rings. The second-order valence-corrected chi connectivity index (χ2v) is 7.60. The summed E-state index contributed by atoms with van der Waals surface area (Å²) in [4.78, 5) is 15.4. The van der Waals surface area contributed by atoms with Gasteiger partial charge >= 0.3 is 0 Å². The minimum Gasteiger partial charge on any atom is -0.496 e. The number of benzene rings is 2. The van der Waals surface area contributed by atoms with Crippen molar-refractivity contribution in [2.24, 2.45) is 0 Å². The maximum absolute atomic E-state index is 12.8. The van der Waals surface area contributed by atoms with Gasteiger partial charge in [0.25, 0.3) is 5.91 Å². The Balaban J connectivity index is 1.54. The highest BCUT2D eigenvalue weighted by Crippen LogP contribution is 2.41. The van der Waals surface area contributed by atoms with Gasteiger partial charge in [0, 0.05) is 25.2 Å². The lowest BCUT2D eigenvalue weighted by atomic mass is 9.84. The van der Waals surface area contributed by atoms with Crippen molar-refractivity contribution < 1.29 is 19.0 Å². The zero-order valence-corrected chi connectivity index (χ0v) is 17.2. The van der Waals surface area contributed by atoms with Gasteiger partial charge in [-0.15, -0.1) is 0 Å². The molecule has 6 nitrogen and oxygen atoms in total.